The highest BCUT2D eigenvalue weighted by atomic mass is 79.9. The number of halogens is 2. The summed E-state index contributed by atoms with van der Waals surface area (Å²) in [4.78, 5) is 0. The number of hydrogen-bond donors (Lipinski definition) is 0. The summed E-state index contributed by atoms with van der Waals surface area (Å²) in [6, 6.07) is 8.22. The molecule has 0 heterocycles. The maximum absolute atomic E-state index is 6.13. The molecule has 2 unspecified atom stereocenters. The topological polar surface area (TPSA) is 9.23 Å². The zero-order valence-corrected chi connectivity index (χ0v) is 13.1. The van der Waals surface area contributed by atoms with Crippen molar-refractivity contribution in [2.45, 2.75) is 38.9 Å². The van der Waals surface area contributed by atoms with Gasteiger partial charge in [-0.1, -0.05) is 57.0 Å². The molecule has 0 aliphatic carbocycles. The van der Waals surface area contributed by atoms with Crippen molar-refractivity contribution in [1.29, 1.82) is 0 Å². The highest BCUT2D eigenvalue weighted by Gasteiger charge is 2.29. The summed E-state index contributed by atoms with van der Waals surface area (Å²) in [5.74, 6) is 0. The molecule has 0 aliphatic heterocycles. The smallest absolute Gasteiger partial charge is 0.101 e. The van der Waals surface area contributed by atoms with Crippen molar-refractivity contribution in [3.05, 3.63) is 34.3 Å². The molecule has 0 spiro atoms. The fraction of sp³-hybridized carbons (Fsp3) is 0.538. The second-order valence-electron chi connectivity index (χ2n) is 4.18. The first-order valence-electron chi connectivity index (χ1n) is 5.52. The Hall–Kier alpha value is 0.140. The fourth-order valence-corrected chi connectivity index (χ4v) is 2.72. The van der Waals surface area contributed by atoms with Crippen molar-refractivity contribution < 1.29 is 4.74 Å². The van der Waals surface area contributed by atoms with Crippen LogP contribution in [0.2, 0.25) is 0 Å². The number of hydrogen-bond acceptors (Lipinski definition) is 1. The second kappa shape index (κ2) is 6.18. The predicted octanol–water partition coefficient (Wildman–Crippen LogP) is 4.87. The van der Waals surface area contributed by atoms with Crippen molar-refractivity contribution in [1.82, 2.24) is 0 Å². The Labute approximate surface area is 115 Å². The molecule has 3 heteroatoms. The largest absolute Gasteiger partial charge is 0.367 e. The Morgan fingerprint density at radius 1 is 1.38 bits per heavy atom. The van der Waals surface area contributed by atoms with E-state index >= 15 is 0 Å². The summed E-state index contributed by atoms with van der Waals surface area (Å²) in [6.07, 6.45) is 1.28. The molecule has 0 aromatic heterocycles. The summed E-state index contributed by atoms with van der Waals surface area (Å²) in [7, 11) is 0. The second-order valence-corrected chi connectivity index (χ2v) is 5.60. The van der Waals surface area contributed by atoms with E-state index in [9.17, 15) is 0 Å². The first kappa shape index (κ1) is 14.2. The van der Waals surface area contributed by atoms with Gasteiger partial charge in [0.15, 0.2) is 0 Å². The maximum Gasteiger partial charge on any atom is 0.101 e. The number of rotatable bonds is 5. The molecule has 1 nitrogen and oxygen atoms in total. The third kappa shape index (κ3) is 3.31. The van der Waals surface area contributed by atoms with Crippen molar-refractivity contribution in [2.24, 2.45) is 0 Å². The molecule has 1 aromatic rings. The molecular weight excluding hydrogens is 332 g/mol. The Bertz CT molecular complexity index is 340. The molecular formula is C13H18Br2O. The minimum Gasteiger partial charge on any atom is -0.367 e. The van der Waals surface area contributed by atoms with Crippen LogP contribution in [0, 0.1) is 0 Å². The molecule has 0 bridgehead atoms. The van der Waals surface area contributed by atoms with Gasteiger partial charge in [-0.2, -0.15) is 0 Å². The van der Waals surface area contributed by atoms with Gasteiger partial charge in [-0.25, -0.2) is 0 Å². The van der Waals surface area contributed by atoms with Crippen molar-refractivity contribution in [3.63, 3.8) is 0 Å². The van der Waals surface area contributed by atoms with Gasteiger partial charge in [0.1, 0.15) is 5.60 Å². The third-order valence-electron chi connectivity index (χ3n) is 2.73. The predicted molar refractivity (Wildman–Crippen MR) is 76.1 cm³/mol. The first-order chi connectivity index (χ1) is 7.53. The van der Waals surface area contributed by atoms with Crippen LogP contribution in [-0.2, 0) is 10.3 Å². The van der Waals surface area contributed by atoms with Crippen LogP contribution in [0.15, 0.2) is 28.7 Å². The molecule has 0 amide bonds. The van der Waals surface area contributed by atoms with E-state index in [1.807, 2.05) is 12.1 Å². The molecule has 0 aliphatic rings. The lowest BCUT2D eigenvalue weighted by Gasteiger charge is -2.32. The average molecular weight is 350 g/mol. The van der Waals surface area contributed by atoms with E-state index in [0.717, 1.165) is 16.2 Å². The maximum atomic E-state index is 6.13. The summed E-state index contributed by atoms with van der Waals surface area (Å²) in [6.45, 7) is 6.37. The highest BCUT2D eigenvalue weighted by molar-refractivity contribution is 9.10. The van der Waals surface area contributed by atoms with Gasteiger partial charge in [-0.3, -0.25) is 0 Å². The molecule has 1 rings (SSSR count). The van der Waals surface area contributed by atoms with Gasteiger partial charge in [0.2, 0.25) is 0 Å². The Morgan fingerprint density at radius 3 is 2.50 bits per heavy atom. The SMILES string of the molecule is CCC(C)OC(C)(CBr)c1ccccc1Br. The van der Waals surface area contributed by atoms with E-state index in [1.54, 1.807) is 0 Å². The summed E-state index contributed by atoms with van der Waals surface area (Å²) in [5, 5.41) is 0.785. The van der Waals surface area contributed by atoms with Gasteiger partial charge in [0, 0.05) is 9.80 Å². The van der Waals surface area contributed by atoms with E-state index in [-0.39, 0.29) is 11.7 Å². The molecule has 0 fully saturated rings. The highest BCUT2D eigenvalue weighted by Crippen LogP contribution is 2.34. The van der Waals surface area contributed by atoms with E-state index < -0.39 is 0 Å². The third-order valence-corrected chi connectivity index (χ3v) is 4.50. The van der Waals surface area contributed by atoms with Crippen molar-refractivity contribution in [2.75, 3.05) is 5.33 Å². The fourth-order valence-electron chi connectivity index (χ4n) is 1.58. The summed E-state index contributed by atoms with van der Waals surface area (Å²) in [5.41, 5.74) is 0.905. The van der Waals surface area contributed by atoms with Crippen molar-refractivity contribution in [3.8, 4) is 0 Å². The molecule has 0 saturated carbocycles. The van der Waals surface area contributed by atoms with Gasteiger partial charge in [0.05, 0.1) is 6.10 Å². The Kier molecular flexibility index (Phi) is 5.48. The van der Waals surface area contributed by atoms with E-state index in [2.05, 4.69) is 64.8 Å². The monoisotopic (exact) mass is 348 g/mol. The van der Waals surface area contributed by atoms with Gasteiger partial charge in [-0.05, 0) is 31.9 Å². The van der Waals surface area contributed by atoms with Gasteiger partial charge in [-0.15, -0.1) is 0 Å². The number of benzene rings is 1. The standard InChI is InChI=1S/C13H18Br2O/c1-4-10(2)16-13(3,9-14)11-7-5-6-8-12(11)15/h5-8,10H,4,9H2,1-3H3. The average Bonchev–Trinajstić information content (AvgIpc) is 2.29. The van der Waals surface area contributed by atoms with Crippen LogP contribution in [0.5, 0.6) is 0 Å². The van der Waals surface area contributed by atoms with E-state index in [1.165, 1.54) is 5.56 Å². The zero-order valence-electron chi connectivity index (χ0n) is 9.97. The van der Waals surface area contributed by atoms with Gasteiger partial charge in [0.25, 0.3) is 0 Å². The van der Waals surface area contributed by atoms with Crippen LogP contribution in [-0.4, -0.2) is 11.4 Å². The van der Waals surface area contributed by atoms with Crippen LogP contribution < -0.4 is 0 Å². The zero-order chi connectivity index (χ0) is 12.2. The van der Waals surface area contributed by atoms with Crippen LogP contribution in [0.3, 0.4) is 0 Å². The summed E-state index contributed by atoms with van der Waals surface area (Å²) < 4.78 is 7.22. The molecule has 0 saturated heterocycles. The molecule has 1 aromatic carbocycles. The van der Waals surface area contributed by atoms with E-state index in [0.29, 0.717) is 0 Å². The Balaban J connectivity index is 3.00. The normalized spacial score (nSPS) is 16.8. The number of alkyl halides is 1. The minimum atomic E-state index is -0.282. The minimum absolute atomic E-state index is 0.259. The molecule has 0 radical (unpaired) electrons. The van der Waals surface area contributed by atoms with Crippen molar-refractivity contribution >= 4 is 31.9 Å². The van der Waals surface area contributed by atoms with Gasteiger partial charge >= 0.3 is 0 Å². The quantitative estimate of drug-likeness (QED) is 0.689. The van der Waals surface area contributed by atoms with Crippen LogP contribution >= 0.6 is 31.9 Å². The summed E-state index contributed by atoms with van der Waals surface area (Å²) >= 11 is 7.14. The van der Waals surface area contributed by atoms with E-state index in [4.69, 9.17) is 4.74 Å². The molecule has 16 heavy (non-hydrogen) atoms. The lowest BCUT2D eigenvalue weighted by atomic mass is 9.97. The van der Waals surface area contributed by atoms with Crippen LogP contribution in [0.1, 0.15) is 32.8 Å². The molecule has 0 N–H and O–H groups in total. The molecule has 90 valence electrons. The van der Waals surface area contributed by atoms with Crippen LogP contribution in [0.4, 0.5) is 0 Å². The number of ether oxygens (including phenoxy) is 1. The lowest BCUT2D eigenvalue weighted by Crippen LogP contribution is -2.32. The van der Waals surface area contributed by atoms with Crippen LogP contribution in [0.25, 0.3) is 0 Å². The Morgan fingerprint density at radius 2 is 2.00 bits per heavy atom. The first-order valence-corrected chi connectivity index (χ1v) is 7.43. The lowest BCUT2D eigenvalue weighted by molar-refractivity contribution is -0.0654. The van der Waals surface area contributed by atoms with Gasteiger partial charge < -0.3 is 4.74 Å². The molecule has 2 atom stereocenters.